The van der Waals surface area contributed by atoms with E-state index in [1.807, 2.05) is 13.8 Å². The van der Waals surface area contributed by atoms with Crippen LogP contribution in [0, 0.1) is 19.3 Å². The van der Waals surface area contributed by atoms with Crippen LogP contribution in [0.2, 0.25) is 0 Å². The van der Waals surface area contributed by atoms with E-state index >= 15 is 0 Å². The van der Waals surface area contributed by atoms with Crippen molar-refractivity contribution in [2.75, 3.05) is 6.54 Å². The molecule has 1 N–H and O–H groups in total. The van der Waals surface area contributed by atoms with E-state index < -0.39 is 0 Å². The van der Waals surface area contributed by atoms with Crippen molar-refractivity contribution in [3.05, 3.63) is 17.0 Å². The molecule has 0 saturated heterocycles. The van der Waals surface area contributed by atoms with E-state index in [1.165, 1.54) is 12.0 Å². The molecule has 1 aromatic rings. The molecule has 1 unspecified atom stereocenters. The van der Waals surface area contributed by atoms with Crippen molar-refractivity contribution in [2.45, 2.75) is 60.4 Å². The van der Waals surface area contributed by atoms with E-state index in [1.54, 1.807) is 0 Å². The molecule has 0 amide bonds. The smallest absolute Gasteiger partial charge is 0.137 e. The summed E-state index contributed by atoms with van der Waals surface area (Å²) in [6.07, 6.45) is 2.18. The summed E-state index contributed by atoms with van der Waals surface area (Å²) >= 11 is 0. The van der Waals surface area contributed by atoms with Gasteiger partial charge in [0.25, 0.3) is 0 Å². The lowest BCUT2D eigenvalue weighted by atomic mass is 9.92. The number of rotatable bonds is 5. The number of nitrogens with zero attached hydrogens (tertiary/aromatic N) is 1. The molecule has 1 rings (SSSR count). The van der Waals surface area contributed by atoms with E-state index in [0.29, 0.717) is 11.5 Å². The zero-order chi connectivity index (χ0) is 13.1. The Kier molecular flexibility index (Phi) is 4.75. The summed E-state index contributed by atoms with van der Waals surface area (Å²) in [7, 11) is 0. The van der Waals surface area contributed by atoms with Crippen molar-refractivity contribution in [1.82, 2.24) is 10.5 Å². The first-order valence-corrected chi connectivity index (χ1v) is 6.45. The molecule has 0 fully saturated rings. The highest BCUT2D eigenvalue weighted by molar-refractivity contribution is 5.21. The lowest BCUT2D eigenvalue weighted by molar-refractivity contribution is 0.355. The maximum atomic E-state index is 5.18. The molecule has 3 nitrogen and oxygen atoms in total. The zero-order valence-electron chi connectivity index (χ0n) is 12.1. The molecule has 1 heterocycles. The fourth-order valence-corrected chi connectivity index (χ4v) is 1.87. The fourth-order valence-electron chi connectivity index (χ4n) is 1.87. The number of nitrogens with one attached hydrogen (secondary N) is 1. The van der Waals surface area contributed by atoms with Crippen LogP contribution < -0.4 is 5.32 Å². The van der Waals surface area contributed by atoms with Crippen molar-refractivity contribution in [3.8, 4) is 0 Å². The average molecular weight is 238 g/mol. The Labute approximate surface area is 105 Å². The molecule has 0 aliphatic heterocycles. The maximum absolute atomic E-state index is 5.18. The number of hydrogen-bond donors (Lipinski definition) is 1. The molecular formula is C14H26N2O. The third-order valence-corrected chi connectivity index (χ3v) is 3.06. The topological polar surface area (TPSA) is 38.1 Å². The third kappa shape index (κ3) is 4.90. The van der Waals surface area contributed by atoms with Crippen LogP contribution in [-0.4, -0.2) is 17.7 Å². The zero-order valence-corrected chi connectivity index (χ0v) is 12.1. The van der Waals surface area contributed by atoms with E-state index in [-0.39, 0.29) is 0 Å². The van der Waals surface area contributed by atoms with Gasteiger partial charge in [-0.2, -0.15) is 0 Å². The standard InChI is InChI=1S/C14H26N2O/c1-10(15-8-7-14(4,5)6)9-13-11(2)16-17-12(13)3/h10,15H,7-9H2,1-6H3. The van der Waals surface area contributed by atoms with Crippen LogP contribution in [0.15, 0.2) is 4.52 Å². The summed E-state index contributed by atoms with van der Waals surface area (Å²) in [6.45, 7) is 14.1. The lowest BCUT2D eigenvalue weighted by Crippen LogP contribution is -2.31. The second-order valence-corrected chi connectivity index (χ2v) is 6.17. The van der Waals surface area contributed by atoms with Crippen molar-refractivity contribution >= 4 is 0 Å². The Morgan fingerprint density at radius 3 is 2.41 bits per heavy atom. The fraction of sp³-hybridized carbons (Fsp3) is 0.786. The summed E-state index contributed by atoms with van der Waals surface area (Å²) in [6, 6.07) is 0.467. The monoisotopic (exact) mass is 238 g/mol. The van der Waals surface area contributed by atoms with Gasteiger partial charge in [-0.15, -0.1) is 0 Å². The third-order valence-electron chi connectivity index (χ3n) is 3.06. The summed E-state index contributed by atoms with van der Waals surface area (Å²) in [5.41, 5.74) is 2.67. The molecule has 0 bridgehead atoms. The van der Waals surface area contributed by atoms with E-state index in [9.17, 15) is 0 Å². The highest BCUT2D eigenvalue weighted by Crippen LogP contribution is 2.18. The molecule has 0 spiro atoms. The van der Waals surface area contributed by atoms with E-state index in [2.05, 4.69) is 38.2 Å². The molecule has 98 valence electrons. The van der Waals surface area contributed by atoms with Gasteiger partial charge < -0.3 is 9.84 Å². The lowest BCUT2D eigenvalue weighted by Gasteiger charge is -2.20. The Morgan fingerprint density at radius 1 is 1.29 bits per heavy atom. The SMILES string of the molecule is Cc1noc(C)c1CC(C)NCCC(C)(C)C. The quantitative estimate of drug-likeness (QED) is 0.855. The van der Waals surface area contributed by atoms with Crippen LogP contribution in [0.1, 0.15) is 51.1 Å². The minimum absolute atomic E-state index is 0.399. The van der Waals surface area contributed by atoms with Crippen LogP contribution in [0.4, 0.5) is 0 Å². The highest BCUT2D eigenvalue weighted by atomic mass is 16.5. The predicted octanol–water partition coefficient (Wildman–Crippen LogP) is 3.25. The number of aromatic nitrogens is 1. The van der Waals surface area contributed by atoms with Crippen LogP contribution in [-0.2, 0) is 6.42 Å². The number of aryl methyl sites for hydroxylation is 2. The van der Waals surface area contributed by atoms with Crippen LogP contribution in [0.3, 0.4) is 0 Å². The minimum atomic E-state index is 0.399. The van der Waals surface area contributed by atoms with Gasteiger partial charge in [-0.3, -0.25) is 0 Å². The molecule has 0 aliphatic rings. The Balaban J connectivity index is 2.38. The van der Waals surface area contributed by atoms with Crippen molar-refractivity contribution in [1.29, 1.82) is 0 Å². The van der Waals surface area contributed by atoms with Gasteiger partial charge in [-0.05, 0) is 45.6 Å². The van der Waals surface area contributed by atoms with E-state index in [0.717, 1.165) is 24.4 Å². The summed E-state index contributed by atoms with van der Waals surface area (Å²) < 4.78 is 5.18. The molecule has 0 aliphatic carbocycles. The maximum Gasteiger partial charge on any atom is 0.137 e. The summed E-state index contributed by atoms with van der Waals surface area (Å²) in [5, 5.41) is 7.55. The van der Waals surface area contributed by atoms with E-state index in [4.69, 9.17) is 4.52 Å². The molecular weight excluding hydrogens is 212 g/mol. The molecule has 1 aromatic heterocycles. The normalized spacial score (nSPS) is 14.0. The van der Waals surface area contributed by atoms with Gasteiger partial charge in [0.05, 0.1) is 5.69 Å². The van der Waals surface area contributed by atoms with Crippen molar-refractivity contribution in [3.63, 3.8) is 0 Å². The summed E-state index contributed by atoms with van der Waals surface area (Å²) in [4.78, 5) is 0. The average Bonchev–Trinajstić information content (AvgIpc) is 2.47. The van der Waals surface area contributed by atoms with Crippen molar-refractivity contribution in [2.24, 2.45) is 5.41 Å². The first kappa shape index (κ1) is 14.2. The molecule has 1 atom stereocenters. The second kappa shape index (κ2) is 5.67. The van der Waals surface area contributed by atoms with Gasteiger partial charge in [0.2, 0.25) is 0 Å². The van der Waals surface area contributed by atoms with Gasteiger partial charge in [0.1, 0.15) is 5.76 Å². The summed E-state index contributed by atoms with van der Waals surface area (Å²) in [5.74, 6) is 0.951. The molecule has 17 heavy (non-hydrogen) atoms. The molecule has 0 aromatic carbocycles. The molecule has 0 saturated carbocycles. The van der Waals surface area contributed by atoms with Gasteiger partial charge >= 0.3 is 0 Å². The Hall–Kier alpha value is -0.830. The highest BCUT2D eigenvalue weighted by Gasteiger charge is 2.14. The van der Waals surface area contributed by atoms with Gasteiger partial charge in [-0.1, -0.05) is 25.9 Å². The largest absolute Gasteiger partial charge is 0.361 e. The molecule has 0 radical (unpaired) electrons. The minimum Gasteiger partial charge on any atom is -0.361 e. The van der Waals surface area contributed by atoms with Gasteiger partial charge in [-0.25, -0.2) is 0 Å². The van der Waals surface area contributed by atoms with Crippen LogP contribution in [0.5, 0.6) is 0 Å². The van der Waals surface area contributed by atoms with Gasteiger partial charge in [0.15, 0.2) is 0 Å². The Morgan fingerprint density at radius 2 is 1.94 bits per heavy atom. The van der Waals surface area contributed by atoms with Gasteiger partial charge in [0, 0.05) is 11.6 Å². The number of hydrogen-bond acceptors (Lipinski definition) is 3. The van der Waals surface area contributed by atoms with Crippen LogP contribution >= 0.6 is 0 Å². The van der Waals surface area contributed by atoms with Crippen molar-refractivity contribution < 1.29 is 4.52 Å². The predicted molar refractivity (Wildman–Crippen MR) is 71.2 cm³/mol. The second-order valence-electron chi connectivity index (χ2n) is 6.17. The first-order chi connectivity index (χ1) is 7.79. The first-order valence-electron chi connectivity index (χ1n) is 6.45. The Bertz CT molecular complexity index is 330. The molecule has 3 heteroatoms. The van der Waals surface area contributed by atoms with Crippen LogP contribution in [0.25, 0.3) is 0 Å².